The predicted octanol–water partition coefficient (Wildman–Crippen LogP) is 1.48. The molecule has 0 saturated heterocycles. The summed E-state index contributed by atoms with van der Waals surface area (Å²) in [6.45, 7) is 3.58. The second-order valence-electron chi connectivity index (χ2n) is 3.05. The van der Waals surface area contributed by atoms with E-state index in [1.807, 2.05) is 6.92 Å². The summed E-state index contributed by atoms with van der Waals surface area (Å²) in [5.74, 6) is 0. The highest BCUT2D eigenvalue weighted by Gasteiger charge is 2.09. The van der Waals surface area contributed by atoms with Crippen LogP contribution in [0.3, 0.4) is 0 Å². The molecule has 0 heterocycles. The lowest BCUT2D eigenvalue weighted by molar-refractivity contribution is 0.123. The smallest absolute Gasteiger partial charge is 0.255 e. The number of hydrogen-bond donors (Lipinski definition) is 1. The van der Waals surface area contributed by atoms with Gasteiger partial charge in [-0.2, -0.15) is 0 Å². The van der Waals surface area contributed by atoms with Crippen molar-refractivity contribution in [3.63, 3.8) is 0 Å². The summed E-state index contributed by atoms with van der Waals surface area (Å²) >= 11 is 4.91. The summed E-state index contributed by atoms with van der Waals surface area (Å²) < 4.78 is 29.1. The largest absolute Gasteiger partial charge is 0.382 e. The van der Waals surface area contributed by atoms with Crippen LogP contribution in [0, 0.1) is 0 Å². The van der Waals surface area contributed by atoms with Crippen molar-refractivity contribution in [2.75, 3.05) is 33.4 Å². The maximum Gasteiger partial charge on any atom is 0.255 e. The highest BCUT2D eigenvalue weighted by molar-refractivity contribution is 7.80. The third-order valence-electron chi connectivity index (χ3n) is 1.70. The van der Waals surface area contributed by atoms with Crippen molar-refractivity contribution in [1.29, 1.82) is 0 Å². The molecule has 0 aliphatic carbocycles. The van der Waals surface area contributed by atoms with Crippen LogP contribution in [-0.4, -0.2) is 49.8 Å². The van der Waals surface area contributed by atoms with E-state index in [1.54, 1.807) is 7.05 Å². The highest BCUT2D eigenvalue weighted by Crippen LogP contribution is 1.96. The molecule has 90 valence electrons. The fourth-order valence-corrected chi connectivity index (χ4v) is 1.12. The minimum absolute atomic E-state index is 0.336. The lowest BCUT2D eigenvalue weighted by Crippen LogP contribution is -2.40. The highest BCUT2D eigenvalue weighted by atomic mass is 32.1. The van der Waals surface area contributed by atoms with E-state index in [4.69, 9.17) is 17.0 Å². The number of halogens is 2. The average Bonchev–Trinajstić information content (AvgIpc) is 2.16. The molecule has 0 atom stereocenters. The summed E-state index contributed by atoms with van der Waals surface area (Å²) in [7, 11) is 1.55. The van der Waals surface area contributed by atoms with Crippen LogP contribution in [0.15, 0.2) is 0 Å². The molecular weight excluding hydrogens is 222 g/mol. The average molecular weight is 240 g/mol. The van der Waals surface area contributed by atoms with E-state index < -0.39 is 6.43 Å². The zero-order valence-electron chi connectivity index (χ0n) is 9.13. The molecule has 0 radical (unpaired) electrons. The minimum atomic E-state index is -2.36. The molecule has 0 rings (SSSR count). The summed E-state index contributed by atoms with van der Waals surface area (Å²) in [6.07, 6.45) is -1.55. The molecule has 0 aromatic carbocycles. The SMILES string of the molecule is CCOCCCNC(=S)N(C)CC(F)F. The standard InChI is InChI=1S/C9H18F2N2OS/c1-3-14-6-4-5-12-9(15)13(2)7-8(10)11/h8H,3-7H2,1-2H3,(H,12,15). The first kappa shape index (κ1) is 14.5. The van der Waals surface area contributed by atoms with Gasteiger partial charge in [0.2, 0.25) is 0 Å². The molecule has 0 bridgehead atoms. The molecule has 0 aromatic rings. The van der Waals surface area contributed by atoms with Gasteiger partial charge in [0.25, 0.3) is 6.43 Å². The molecule has 0 fully saturated rings. The number of rotatable bonds is 7. The topological polar surface area (TPSA) is 24.5 Å². The van der Waals surface area contributed by atoms with E-state index in [9.17, 15) is 8.78 Å². The Hall–Kier alpha value is -0.490. The maximum absolute atomic E-state index is 12.0. The molecule has 0 aliphatic rings. The van der Waals surface area contributed by atoms with Gasteiger partial charge >= 0.3 is 0 Å². The lowest BCUT2D eigenvalue weighted by Gasteiger charge is -2.20. The van der Waals surface area contributed by atoms with Gasteiger partial charge in [-0.25, -0.2) is 8.78 Å². The number of thiocarbonyl (C=S) groups is 1. The molecule has 1 N–H and O–H groups in total. The van der Waals surface area contributed by atoms with Crippen molar-refractivity contribution < 1.29 is 13.5 Å². The van der Waals surface area contributed by atoms with Crippen molar-refractivity contribution in [1.82, 2.24) is 10.2 Å². The van der Waals surface area contributed by atoms with E-state index in [-0.39, 0.29) is 6.54 Å². The molecule has 0 spiro atoms. The number of nitrogens with one attached hydrogen (secondary N) is 1. The van der Waals surface area contributed by atoms with Gasteiger partial charge in [0, 0.05) is 26.8 Å². The molecule has 0 saturated carbocycles. The third-order valence-corrected chi connectivity index (χ3v) is 2.16. The Labute approximate surface area is 94.8 Å². The first-order valence-electron chi connectivity index (χ1n) is 4.92. The molecule has 0 aliphatic heterocycles. The van der Waals surface area contributed by atoms with Gasteiger partial charge in [0.1, 0.15) is 0 Å². The normalized spacial score (nSPS) is 10.5. The maximum atomic E-state index is 12.0. The van der Waals surface area contributed by atoms with Crippen LogP contribution in [0.1, 0.15) is 13.3 Å². The van der Waals surface area contributed by atoms with Crippen LogP contribution in [0.2, 0.25) is 0 Å². The summed E-state index contributed by atoms with van der Waals surface area (Å²) in [4.78, 5) is 1.33. The van der Waals surface area contributed by atoms with Gasteiger partial charge in [-0.3, -0.25) is 0 Å². The van der Waals surface area contributed by atoms with Crippen molar-refractivity contribution in [3.05, 3.63) is 0 Å². The summed E-state index contributed by atoms with van der Waals surface area (Å²) in [5, 5.41) is 3.24. The van der Waals surface area contributed by atoms with Crippen LogP contribution < -0.4 is 5.32 Å². The van der Waals surface area contributed by atoms with Crippen LogP contribution in [-0.2, 0) is 4.74 Å². The number of nitrogens with zero attached hydrogens (tertiary/aromatic N) is 1. The van der Waals surface area contributed by atoms with Crippen molar-refractivity contribution in [2.45, 2.75) is 19.8 Å². The van der Waals surface area contributed by atoms with Gasteiger partial charge in [0.15, 0.2) is 5.11 Å². The van der Waals surface area contributed by atoms with E-state index in [2.05, 4.69) is 5.32 Å². The van der Waals surface area contributed by atoms with E-state index in [1.165, 1.54) is 4.90 Å². The van der Waals surface area contributed by atoms with Crippen molar-refractivity contribution in [2.24, 2.45) is 0 Å². The Morgan fingerprint density at radius 1 is 1.53 bits per heavy atom. The number of hydrogen-bond acceptors (Lipinski definition) is 2. The molecular formula is C9H18F2N2OS. The predicted molar refractivity (Wildman–Crippen MR) is 60.3 cm³/mol. The molecule has 0 unspecified atom stereocenters. The van der Waals surface area contributed by atoms with Crippen LogP contribution in [0.5, 0.6) is 0 Å². The van der Waals surface area contributed by atoms with Gasteiger partial charge in [0.05, 0.1) is 6.54 Å². The van der Waals surface area contributed by atoms with Crippen molar-refractivity contribution >= 4 is 17.3 Å². The Morgan fingerprint density at radius 2 is 2.20 bits per heavy atom. The second-order valence-corrected chi connectivity index (χ2v) is 3.44. The first-order valence-corrected chi connectivity index (χ1v) is 5.33. The molecule has 0 amide bonds. The first-order chi connectivity index (χ1) is 7.07. The van der Waals surface area contributed by atoms with Crippen LogP contribution in [0.4, 0.5) is 8.78 Å². The molecule has 15 heavy (non-hydrogen) atoms. The molecule has 0 aromatic heterocycles. The zero-order chi connectivity index (χ0) is 11.7. The number of alkyl halides is 2. The fraction of sp³-hybridized carbons (Fsp3) is 0.889. The third kappa shape index (κ3) is 8.50. The van der Waals surface area contributed by atoms with Gasteiger partial charge < -0.3 is 15.0 Å². The van der Waals surface area contributed by atoms with Gasteiger partial charge in [-0.05, 0) is 25.6 Å². The van der Waals surface area contributed by atoms with E-state index in [0.717, 1.165) is 6.42 Å². The van der Waals surface area contributed by atoms with E-state index >= 15 is 0 Å². The fourth-order valence-electron chi connectivity index (χ4n) is 0.939. The second kappa shape index (κ2) is 8.79. The van der Waals surface area contributed by atoms with Crippen molar-refractivity contribution in [3.8, 4) is 0 Å². The Balaban J connectivity index is 3.47. The van der Waals surface area contributed by atoms with Gasteiger partial charge in [-0.15, -0.1) is 0 Å². The lowest BCUT2D eigenvalue weighted by atomic mass is 10.4. The number of ether oxygens (including phenoxy) is 1. The summed E-state index contributed by atoms with van der Waals surface area (Å²) in [6, 6.07) is 0. The monoisotopic (exact) mass is 240 g/mol. The quantitative estimate of drug-likeness (QED) is 0.538. The Kier molecular flexibility index (Phi) is 8.50. The molecule has 3 nitrogen and oxygen atoms in total. The molecule has 6 heteroatoms. The van der Waals surface area contributed by atoms with Gasteiger partial charge in [-0.1, -0.05) is 0 Å². The Morgan fingerprint density at radius 3 is 2.73 bits per heavy atom. The summed E-state index contributed by atoms with van der Waals surface area (Å²) in [5.41, 5.74) is 0. The van der Waals surface area contributed by atoms with Crippen LogP contribution in [0.25, 0.3) is 0 Å². The minimum Gasteiger partial charge on any atom is -0.382 e. The van der Waals surface area contributed by atoms with E-state index in [0.29, 0.717) is 24.9 Å². The Bertz CT molecular complexity index is 181. The van der Waals surface area contributed by atoms with Crippen LogP contribution >= 0.6 is 12.2 Å². The zero-order valence-corrected chi connectivity index (χ0v) is 9.95.